The summed E-state index contributed by atoms with van der Waals surface area (Å²) in [5.74, 6) is 1.03. The predicted molar refractivity (Wildman–Crippen MR) is 113 cm³/mol. The van der Waals surface area contributed by atoms with Gasteiger partial charge in [0.25, 0.3) is 0 Å². The van der Waals surface area contributed by atoms with E-state index >= 15 is 0 Å². The Balaban J connectivity index is 1.67. The Labute approximate surface area is 170 Å². The van der Waals surface area contributed by atoms with Crippen molar-refractivity contribution in [1.29, 1.82) is 0 Å². The minimum atomic E-state index is 0.0349. The van der Waals surface area contributed by atoms with E-state index in [0.717, 1.165) is 11.1 Å². The third kappa shape index (κ3) is 5.57. The molecule has 1 aliphatic heterocycles. The van der Waals surface area contributed by atoms with Gasteiger partial charge in [0, 0.05) is 16.3 Å². The lowest BCUT2D eigenvalue weighted by Crippen LogP contribution is -2.50. The second-order valence-electron chi connectivity index (χ2n) is 6.06. The average molecular weight is 486 g/mol. The van der Waals surface area contributed by atoms with Gasteiger partial charge >= 0.3 is 0 Å². The summed E-state index contributed by atoms with van der Waals surface area (Å²) in [5, 5.41) is 1.29. The van der Waals surface area contributed by atoms with E-state index in [1.807, 2.05) is 48.2 Å². The molecule has 25 heavy (non-hydrogen) atoms. The van der Waals surface area contributed by atoms with E-state index in [2.05, 4.69) is 56.1 Å². The smallest absolute Gasteiger partial charge is 0.0985 e. The van der Waals surface area contributed by atoms with Gasteiger partial charge in [0.15, 0.2) is 0 Å². The quantitative estimate of drug-likeness (QED) is 0.487. The molecule has 0 bridgehead atoms. The van der Waals surface area contributed by atoms with Crippen molar-refractivity contribution in [1.82, 2.24) is 0 Å². The normalized spacial score (nSPS) is 26.5. The van der Waals surface area contributed by atoms with Crippen LogP contribution in [0.1, 0.15) is 11.1 Å². The van der Waals surface area contributed by atoms with Gasteiger partial charge in [-0.2, -0.15) is 11.8 Å². The summed E-state index contributed by atoms with van der Waals surface area (Å²) in [5.41, 5.74) is 2.39. The second kappa shape index (κ2) is 10.1. The van der Waals surface area contributed by atoms with Crippen molar-refractivity contribution in [2.75, 3.05) is 11.1 Å². The van der Waals surface area contributed by atoms with Crippen LogP contribution in [0, 0.1) is 0 Å². The van der Waals surface area contributed by atoms with Crippen molar-refractivity contribution in [2.24, 2.45) is 0 Å². The first kappa shape index (κ1) is 19.4. The number of halogens is 2. The fourth-order valence-corrected chi connectivity index (χ4v) is 5.86. The molecular weight excluding hydrogens is 464 g/mol. The highest BCUT2D eigenvalue weighted by Crippen LogP contribution is 2.35. The van der Waals surface area contributed by atoms with E-state index in [0.29, 0.717) is 18.5 Å². The molecule has 1 heterocycles. The van der Waals surface area contributed by atoms with Gasteiger partial charge < -0.3 is 9.47 Å². The molecule has 134 valence electrons. The molecule has 0 saturated carbocycles. The van der Waals surface area contributed by atoms with Crippen LogP contribution < -0.4 is 0 Å². The Morgan fingerprint density at radius 2 is 1.36 bits per heavy atom. The summed E-state index contributed by atoms with van der Waals surface area (Å²) < 4.78 is 12.6. The van der Waals surface area contributed by atoms with Crippen LogP contribution >= 0.6 is 43.6 Å². The molecule has 0 N–H and O–H groups in total. The lowest BCUT2D eigenvalue weighted by atomic mass is 10.1. The van der Waals surface area contributed by atoms with Gasteiger partial charge in [0.1, 0.15) is 0 Å². The average Bonchev–Trinajstić information content (AvgIpc) is 2.67. The van der Waals surface area contributed by atoms with Gasteiger partial charge in [-0.15, -0.1) is 0 Å². The highest BCUT2D eigenvalue weighted by atomic mass is 79.9. The first-order valence-electron chi connectivity index (χ1n) is 8.40. The summed E-state index contributed by atoms with van der Waals surface area (Å²) in [6.07, 6.45) is 0.0825. The van der Waals surface area contributed by atoms with Gasteiger partial charge in [0.05, 0.1) is 30.2 Å². The zero-order valence-corrected chi connectivity index (χ0v) is 17.9. The molecule has 5 heteroatoms. The van der Waals surface area contributed by atoms with Crippen molar-refractivity contribution in [2.45, 2.75) is 35.5 Å². The van der Waals surface area contributed by atoms with Gasteiger partial charge in [-0.25, -0.2) is 0 Å². The molecule has 0 amide bonds. The van der Waals surface area contributed by atoms with E-state index in [1.54, 1.807) is 0 Å². The number of rotatable bonds is 7. The van der Waals surface area contributed by atoms with Crippen LogP contribution in [0.25, 0.3) is 0 Å². The molecule has 0 radical (unpaired) electrons. The number of benzene rings is 2. The Bertz CT molecular complexity index is 626. The van der Waals surface area contributed by atoms with Crippen LogP contribution in [0.2, 0.25) is 0 Å². The fraction of sp³-hybridized carbons (Fsp3) is 0.400. The third-order valence-electron chi connectivity index (χ3n) is 4.24. The summed E-state index contributed by atoms with van der Waals surface area (Å²) in [7, 11) is 0. The van der Waals surface area contributed by atoms with Crippen LogP contribution in [0.4, 0.5) is 0 Å². The molecule has 0 aromatic heterocycles. The summed E-state index contributed by atoms with van der Waals surface area (Å²) >= 11 is 9.40. The van der Waals surface area contributed by atoms with Crippen LogP contribution in [-0.2, 0) is 22.7 Å². The van der Waals surface area contributed by atoms with Gasteiger partial charge in [-0.1, -0.05) is 92.5 Å². The Morgan fingerprint density at radius 3 is 1.88 bits per heavy atom. The van der Waals surface area contributed by atoms with E-state index in [1.165, 1.54) is 11.1 Å². The minimum Gasteiger partial charge on any atom is -0.370 e. The maximum atomic E-state index is 6.34. The third-order valence-corrected chi connectivity index (χ3v) is 8.05. The number of ether oxygens (including phenoxy) is 2. The first-order chi connectivity index (χ1) is 12.3. The minimum absolute atomic E-state index is 0.0349. The van der Waals surface area contributed by atoms with Crippen molar-refractivity contribution in [3.05, 3.63) is 71.8 Å². The Hall–Kier alpha value is -0.330. The maximum absolute atomic E-state index is 6.34. The lowest BCUT2D eigenvalue weighted by molar-refractivity contribution is -0.0836. The largest absolute Gasteiger partial charge is 0.370 e. The summed E-state index contributed by atoms with van der Waals surface area (Å²) in [4.78, 5) is 0.289. The zero-order valence-electron chi connectivity index (χ0n) is 13.9. The molecule has 2 aromatic rings. The van der Waals surface area contributed by atoms with Crippen LogP contribution in [0.5, 0.6) is 0 Å². The van der Waals surface area contributed by atoms with Gasteiger partial charge in [-0.3, -0.25) is 0 Å². The van der Waals surface area contributed by atoms with Crippen molar-refractivity contribution in [3.8, 4) is 0 Å². The molecule has 1 fully saturated rings. The number of alkyl halides is 2. The molecule has 1 saturated heterocycles. The van der Waals surface area contributed by atoms with Crippen molar-refractivity contribution < 1.29 is 9.47 Å². The molecule has 0 unspecified atom stereocenters. The number of thioether (sulfide) groups is 1. The molecule has 3 rings (SSSR count). The second-order valence-corrected chi connectivity index (χ2v) is 9.16. The monoisotopic (exact) mass is 484 g/mol. The highest BCUT2D eigenvalue weighted by molar-refractivity contribution is 9.09. The zero-order chi connectivity index (χ0) is 17.5. The predicted octanol–water partition coefficient (Wildman–Crippen LogP) is 5.43. The van der Waals surface area contributed by atoms with E-state index in [-0.39, 0.29) is 17.0 Å². The van der Waals surface area contributed by atoms with Crippen LogP contribution in [0.15, 0.2) is 60.7 Å². The van der Waals surface area contributed by atoms with Crippen molar-refractivity contribution in [3.63, 3.8) is 0 Å². The Kier molecular flexibility index (Phi) is 7.87. The first-order valence-corrected chi connectivity index (χ1v) is 11.5. The molecule has 4 atom stereocenters. The summed E-state index contributed by atoms with van der Waals surface area (Å²) in [6, 6.07) is 20.7. The van der Waals surface area contributed by atoms with E-state index in [9.17, 15) is 0 Å². The molecule has 2 aromatic carbocycles. The molecule has 0 spiro atoms. The number of hydrogen-bond acceptors (Lipinski definition) is 3. The fourth-order valence-electron chi connectivity index (χ4n) is 2.89. The SMILES string of the molecule is BrC[C@@H]1SC[C@@H](Br)[C@@H](OCc2ccccc2)[C@@H]1OCc1ccccc1. The molecule has 2 nitrogen and oxygen atoms in total. The standard InChI is InChI=1S/C20H22Br2O2S/c21-11-18-20(24-13-16-9-5-2-6-10-16)19(17(22)14-25-18)23-12-15-7-3-1-4-8-15/h1-10,17-20H,11-14H2/t17-,18+,19-,20-/m1/s1. The molecule has 0 aliphatic carbocycles. The Morgan fingerprint density at radius 1 is 0.840 bits per heavy atom. The van der Waals surface area contributed by atoms with Gasteiger partial charge in [0.2, 0.25) is 0 Å². The van der Waals surface area contributed by atoms with E-state index < -0.39 is 0 Å². The maximum Gasteiger partial charge on any atom is 0.0985 e. The topological polar surface area (TPSA) is 18.5 Å². The van der Waals surface area contributed by atoms with Gasteiger partial charge in [-0.05, 0) is 11.1 Å². The van der Waals surface area contributed by atoms with Crippen LogP contribution in [-0.4, -0.2) is 33.4 Å². The lowest BCUT2D eigenvalue weighted by Gasteiger charge is -2.39. The van der Waals surface area contributed by atoms with E-state index in [4.69, 9.17) is 9.47 Å². The summed E-state index contributed by atoms with van der Waals surface area (Å²) in [6.45, 7) is 1.22. The van der Waals surface area contributed by atoms with Crippen molar-refractivity contribution >= 4 is 43.6 Å². The highest BCUT2D eigenvalue weighted by Gasteiger charge is 2.40. The molecule has 1 aliphatic rings. The number of hydrogen-bond donors (Lipinski definition) is 0. The molecular formula is C20H22Br2O2S. The van der Waals surface area contributed by atoms with Crippen LogP contribution in [0.3, 0.4) is 0 Å².